The first kappa shape index (κ1) is 21.4. The van der Waals surface area contributed by atoms with Crippen LogP contribution in [0.3, 0.4) is 0 Å². The number of hydrogen-bond donors (Lipinski definition) is 1. The number of benzene rings is 2. The second kappa shape index (κ2) is 9.98. The zero-order valence-corrected chi connectivity index (χ0v) is 19.3. The van der Waals surface area contributed by atoms with Crippen LogP contribution in [0.4, 0.5) is 0 Å². The van der Waals surface area contributed by atoms with E-state index >= 15 is 0 Å². The molecule has 2 aromatic heterocycles. The van der Waals surface area contributed by atoms with E-state index in [9.17, 15) is 4.79 Å². The first-order valence-electron chi connectivity index (χ1n) is 9.76. The molecule has 2 heterocycles. The number of aryl methyl sites for hydroxylation is 1. The number of thioether (sulfide) groups is 1. The summed E-state index contributed by atoms with van der Waals surface area (Å²) in [5, 5.41) is 12.3. The van der Waals surface area contributed by atoms with E-state index in [0.29, 0.717) is 34.5 Å². The predicted octanol–water partition coefficient (Wildman–Crippen LogP) is 5.07. The lowest BCUT2D eigenvalue weighted by molar-refractivity contribution is -0.118. The summed E-state index contributed by atoms with van der Waals surface area (Å²) in [4.78, 5) is 12.4. The minimum absolute atomic E-state index is 0.0536. The number of carbonyl (C=O) groups excluding carboxylic acids is 1. The van der Waals surface area contributed by atoms with Crippen LogP contribution in [0.2, 0.25) is 0 Å². The number of rotatable bonds is 8. The monoisotopic (exact) mass is 496 g/mol. The fourth-order valence-corrected chi connectivity index (χ4v) is 4.08. The van der Waals surface area contributed by atoms with Crippen LogP contribution in [0.5, 0.6) is 0 Å². The summed E-state index contributed by atoms with van der Waals surface area (Å²) in [5.41, 5.74) is 3.38. The van der Waals surface area contributed by atoms with Gasteiger partial charge < -0.3 is 9.73 Å². The predicted molar refractivity (Wildman–Crippen MR) is 125 cm³/mol. The highest BCUT2D eigenvalue weighted by atomic mass is 79.9. The molecule has 0 spiro atoms. The molecule has 1 amide bonds. The largest absolute Gasteiger partial charge is 0.446 e. The first-order valence-corrected chi connectivity index (χ1v) is 11.5. The fourth-order valence-electron chi connectivity index (χ4n) is 3.01. The number of halogens is 1. The van der Waals surface area contributed by atoms with Crippen molar-refractivity contribution >= 4 is 33.6 Å². The third-order valence-corrected chi connectivity index (χ3v) is 6.03. The van der Waals surface area contributed by atoms with Gasteiger partial charge in [0, 0.05) is 6.54 Å². The first-order chi connectivity index (χ1) is 15.1. The highest BCUT2D eigenvalue weighted by Crippen LogP contribution is 2.28. The van der Waals surface area contributed by atoms with Gasteiger partial charge >= 0.3 is 0 Å². The van der Waals surface area contributed by atoms with Crippen LogP contribution < -0.4 is 5.32 Å². The Morgan fingerprint density at radius 2 is 1.81 bits per heavy atom. The lowest BCUT2D eigenvalue weighted by Crippen LogP contribution is -2.24. The SMILES string of the molecule is Cc1ccc(CNC(=O)CSc2nnc(-c3ccc(Br)o3)n2Cc2ccccc2)cc1. The molecule has 8 heteroatoms. The van der Waals surface area contributed by atoms with E-state index < -0.39 is 0 Å². The highest BCUT2D eigenvalue weighted by molar-refractivity contribution is 9.10. The number of aromatic nitrogens is 3. The molecule has 0 unspecified atom stereocenters. The molecular weight excluding hydrogens is 476 g/mol. The number of amides is 1. The topological polar surface area (TPSA) is 73.0 Å². The molecular formula is C23H21BrN4O2S. The second-order valence-electron chi connectivity index (χ2n) is 7.03. The van der Waals surface area contributed by atoms with Crippen molar-refractivity contribution in [3.63, 3.8) is 0 Å². The van der Waals surface area contributed by atoms with Crippen molar-refractivity contribution in [1.29, 1.82) is 0 Å². The minimum atomic E-state index is -0.0536. The van der Waals surface area contributed by atoms with Crippen molar-refractivity contribution in [3.05, 3.63) is 88.1 Å². The maximum absolute atomic E-state index is 12.4. The number of carbonyl (C=O) groups is 1. The number of hydrogen-bond acceptors (Lipinski definition) is 5. The van der Waals surface area contributed by atoms with Gasteiger partial charge in [-0.05, 0) is 46.1 Å². The summed E-state index contributed by atoms with van der Waals surface area (Å²) in [7, 11) is 0. The summed E-state index contributed by atoms with van der Waals surface area (Å²) in [6, 6.07) is 21.8. The zero-order valence-electron chi connectivity index (χ0n) is 16.9. The lowest BCUT2D eigenvalue weighted by Gasteiger charge is -2.10. The van der Waals surface area contributed by atoms with E-state index in [1.165, 1.54) is 17.3 Å². The van der Waals surface area contributed by atoms with Gasteiger partial charge in [0.25, 0.3) is 0 Å². The molecule has 0 fully saturated rings. The van der Waals surface area contributed by atoms with Crippen LogP contribution in [0.1, 0.15) is 16.7 Å². The Bertz CT molecular complexity index is 1160. The molecule has 4 rings (SSSR count). The Labute approximate surface area is 193 Å². The van der Waals surface area contributed by atoms with E-state index in [1.807, 2.05) is 78.2 Å². The van der Waals surface area contributed by atoms with E-state index in [-0.39, 0.29) is 11.7 Å². The molecule has 2 aromatic carbocycles. The van der Waals surface area contributed by atoms with E-state index in [1.54, 1.807) is 0 Å². The standard InChI is InChI=1S/C23H21BrN4O2S/c1-16-7-9-17(10-8-16)13-25-21(29)15-31-23-27-26-22(19-11-12-20(24)30-19)28(23)14-18-5-3-2-4-6-18/h2-12H,13-15H2,1H3,(H,25,29). The van der Waals surface area contributed by atoms with Crippen molar-refractivity contribution in [2.24, 2.45) is 0 Å². The molecule has 0 aliphatic rings. The average Bonchev–Trinajstić information content (AvgIpc) is 3.38. The van der Waals surface area contributed by atoms with Crippen LogP contribution in [0, 0.1) is 6.92 Å². The average molecular weight is 497 g/mol. The molecule has 4 aromatic rings. The van der Waals surface area contributed by atoms with Gasteiger partial charge in [-0.15, -0.1) is 10.2 Å². The van der Waals surface area contributed by atoms with Crippen LogP contribution in [-0.4, -0.2) is 26.4 Å². The Balaban J connectivity index is 1.46. The van der Waals surface area contributed by atoms with E-state index in [4.69, 9.17) is 4.42 Å². The number of nitrogens with zero attached hydrogens (tertiary/aromatic N) is 3. The van der Waals surface area contributed by atoms with Crippen molar-refractivity contribution < 1.29 is 9.21 Å². The normalized spacial score (nSPS) is 10.9. The fraction of sp³-hybridized carbons (Fsp3) is 0.174. The van der Waals surface area contributed by atoms with Crippen molar-refractivity contribution in [2.75, 3.05) is 5.75 Å². The lowest BCUT2D eigenvalue weighted by atomic mass is 10.1. The van der Waals surface area contributed by atoms with Gasteiger partial charge in [0.15, 0.2) is 15.6 Å². The molecule has 158 valence electrons. The molecule has 0 atom stereocenters. The van der Waals surface area contributed by atoms with Crippen LogP contribution in [0.15, 0.2) is 81.0 Å². The van der Waals surface area contributed by atoms with Crippen LogP contribution in [-0.2, 0) is 17.9 Å². The van der Waals surface area contributed by atoms with Crippen LogP contribution in [0.25, 0.3) is 11.6 Å². The summed E-state index contributed by atoms with van der Waals surface area (Å²) in [6.07, 6.45) is 0. The van der Waals surface area contributed by atoms with Gasteiger partial charge in [-0.3, -0.25) is 9.36 Å². The Morgan fingerprint density at radius 1 is 1.03 bits per heavy atom. The van der Waals surface area contributed by atoms with Crippen molar-refractivity contribution in [3.8, 4) is 11.6 Å². The van der Waals surface area contributed by atoms with Crippen LogP contribution >= 0.6 is 27.7 Å². The van der Waals surface area contributed by atoms with Gasteiger partial charge in [0.1, 0.15) is 0 Å². The minimum Gasteiger partial charge on any atom is -0.446 e. The molecule has 6 nitrogen and oxygen atoms in total. The summed E-state index contributed by atoms with van der Waals surface area (Å²) < 4.78 is 8.28. The Morgan fingerprint density at radius 3 is 2.52 bits per heavy atom. The summed E-state index contributed by atoms with van der Waals surface area (Å²) in [5.74, 6) is 1.44. The Hall–Kier alpha value is -2.84. The van der Waals surface area contributed by atoms with Gasteiger partial charge in [-0.2, -0.15) is 0 Å². The molecule has 0 bridgehead atoms. The molecule has 0 aliphatic heterocycles. The van der Waals surface area contributed by atoms with Gasteiger partial charge in [0.05, 0.1) is 12.3 Å². The molecule has 1 N–H and O–H groups in total. The van der Waals surface area contributed by atoms with Crippen molar-refractivity contribution in [1.82, 2.24) is 20.1 Å². The van der Waals surface area contributed by atoms with E-state index in [0.717, 1.165) is 11.1 Å². The molecule has 0 radical (unpaired) electrons. The molecule has 31 heavy (non-hydrogen) atoms. The van der Waals surface area contributed by atoms with Crippen molar-refractivity contribution in [2.45, 2.75) is 25.2 Å². The Kier molecular flexibility index (Phi) is 6.89. The summed E-state index contributed by atoms with van der Waals surface area (Å²) >= 11 is 4.69. The number of furan rings is 1. The second-order valence-corrected chi connectivity index (χ2v) is 8.76. The molecule has 0 aliphatic carbocycles. The van der Waals surface area contributed by atoms with Gasteiger partial charge in [-0.1, -0.05) is 71.9 Å². The molecule has 0 saturated carbocycles. The third kappa shape index (κ3) is 5.65. The quantitative estimate of drug-likeness (QED) is 0.345. The maximum Gasteiger partial charge on any atom is 0.230 e. The van der Waals surface area contributed by atoms with Gasteiger partial charge in [0.2, 0.25) is 11.7 Å². The molecule has 0 saturated heterocycles. The third-order valence-electron chi connectivity index (χ3n) is 4.64. The summed E-state index contributed by atoms with van der Waals surface area (Å²) in [6.45, 7) is 3.12. The highest BCUT2D eigenvalue weighted by Gasteiger charge is 2.18. The maximum atomic E-state index is 12.4. The smallest absolute Gasteiger partial charge is 0.230 e. The zero-order chi connectivity index (χ0) is 21.6. The van der Waals surface area contributed by atoms with E-state index in [2.05, 4.69) is 31.4 Å². The van der Waals surface area contributed by atoms with Gasteiger partial charge in [-0.25, -0.2) is 0 Å². The number of nitrogens with one attached hydrogen (secondary N) is 1.